The number of aryl methyl sites for hydroxylation is 1. The van der Waals surface area contributed by atoms with Gasteiger partial charge >= 0.3 is 0 Å². The molecule has 0 N–H and O–H groups in total. The summed E-state index contributed by atoms with van der Waals surface area (Å²) in [5, 5.41) is 0. The molecule has 0 aliphatic rings. The van der Waals surface area contributed by atoms with E-state index < -0.39 is 0 Å². The van der Waals surface area contributed by atoms with Crippen molar-refractivity contribution < 1.29 is 4.79 Å². The van der Waals surface area contributed by atoms with E-state index in [0.717, 1.165) is 22.4 Å². The summed E-state index contributed by atoms with van der Waals surface area (Å²) in [4.78, 5) is 15.7. The zero-order chi connectivity index (χ0) is 13.7. The summed E-state index contributed by atoms with van der Waals surface area (Å²) in [6.07, 6.45) is 0. The monoisotopic (exact) mass is 251 g/mol. The molecule has 0 saturated carbocycles. The van der Waals surface area contributed by atoms with Crippen LogP contribution in [0.4, 0.5) is 0 Å². The molecule has 0 fully saturated rings. The molecule has 0 unspecified atom stereocenters. The van der Waals surface area contributed by atoms with Gasteiger partial charge in [0.1, 0.15) is 0 Å². The highest BCUT2D eigenvalue weighted by atomic mass is 16.1. The van der Waals surface area contributed by atoms with Crippen molar-refractivity contribution in [1.82, 2.24) is 0 Å². The third-order valence-electron chi connectivity index (χ3n) is 2.91. The van der Waals surface area contributed by atoms with E-state index in [4.69, 9.17) is 0 Å². The highest BCUT2D eigenvalue weighted by Crippen LogP contribution is 2.15. The van der Waals surface area contributed by atoms with Crippen LogP contribution in [0.5, 0.6) is 0 Å². The second-order valence-electron chi connectivity index (χ2n) is 4.55. The van der Waals surface area contributed by atoms with Gasteiger partial charge in [0.2, 0.25) is 0 Å². The largest absolute Gasteiger partial charge is 0.298 e. The average molecular weight is 251 g/mol. The average Bonchev–Trinajstić information content (AvgIpc) is 2.42. The number of Topliss-reactive ketones (excluding diaryl/α,β-unsaturated/α-hetero) is 1. The first-order valence-corrected chi connectivity index (χ1v) is 6.34. The zero-order valence-electron chi connectivity index (χ0n) is 11.3. The normalized spacial score (nSPS) is 11.4. The second kappa shape index (κ2) is 6.10. The number of hydrogen-bond acceptors (Lipinski definition) is 2. The van der Waals surface area contributed by atoms with Gasteiger partial charge in [-0.05, 0) is 19.4 Å². The Labute approximate surface area is 113 Å². The first-order chi connectivity index (χ1) is 9.18. The van der Waals surface area contributed by atoms with Crippen LogP contribution in [0.15, 0.2) is 59.6 Å². The molecular weight excluding hydrogens is 234 g/mol. The van der Waals surface area contributed by atoms with Gasteiger partial charge in [0.25, 0.3) is 0 Å². The van der Waals surface area contributed by atoms with Crippen molar-refractivity contribution in [3.05, 3.63) is 71.3 Å². The van der Waals surface area contributed by atoms with E-state index >= 15 is 0 Å². The fourth-order valence-electron chi connectivity index (χ4n) is 1.96. The minimum Gasteiger partial charge on any atom is -0.298 e. The van der Waals surface area contributed by atoms with Crippen LogP contribution in [-0.2, 0) is 4.79 Å². The number of benzene rings is 2. The Morgan fingerprint density at radius 3 is 2.26 bits per heavy atom. The molecule has 0 atom stereocenters. The van der Waals surface area contributed by atoms with E-state index in [9.17, 15) is 4.79 Å². The number of rotatable bonds is 4. The van der Waals surface area contributed by atoms with E-state index in [1.807, 2.05) is 48.5 Å². The topological polar surface area (TPSA) is 29.4 Å². The van der Waals surface area contributed by atoms with Gasteiger partial charge in [-0.25, -0.2) is 0 Å². The molecule has 0 spiro atoms. The number of aliphatic imine (C=N–C) groups is 1. The van der Waals surface area contributed by atoms with Gasteiger partial charge in [-0.3, -0.25) is 9.79 Å². The van der Waals surface area contributed by atoms with Crippen LogP contribution in [0.25, 0.3) is 0 Å². The molecule has 0 aliphatic carbocycles. The van der Waals surface area contributed by atoms with Crippen LogP contribution in [0.1, 0.15) is 23.6 Å². The molecule has 0 aromatic heterocycles. The van der Waals surface area contributed by atoms with Gasteiger partial charge in [0.15, 0.2) is 5.78 Å². The number of nitrogens with zero attached hydrogens (tertiary/aromatic N) is 1. The van der Waals surface area contributed by atoms with Gasteiger partial charge in [-0.15, -0.1) is 0 Å². The molecule has 2 nitrogen and oxygen atoms in total. The van der Waals surface area contributed by atoms with Gasteiger partial charge in [-0.2, -0.15) is 0 Å². The Bertz CT molecular complexity index is 600. The van der Waals surface area contributed by atoms with Gasteiger partial charge < -0.3 is 0 Å². The summed E-state index contributed by atoms with van der Waals surface area (Å²) < 4.78 is 0. The van der Waals surface area contributed by atoms with Crippen molar-refractivity contribution in [2.45, 2.75) is 13.8 Å². The molecule has 0 heterocycles. The lowest BCUT2D eigenvalue weighted by Crippen LogP contribution is -2.08. The predicted molar refractivity (Wildman–Crippen MR) is 78.8 cm³/mol. The van der Waals surface area contributed by atoms with Crippen LogP contribution in [-0.4, -0.2) is 18.0 Å². The Kier molecular flexibility index (Phi) is 4.24. The Morgan fingerprint density at radius 2 is 1.63 bits per heavy atom. The summed E-state index contributed by atoms with van der Waals surface area (Å²) in [7, 11) is 0. The second-order valence-corrected chi connectivity index (χ2v) is 4.55. The third-order valence-corrected chi connectivity index (χ3v) is 2.91. The highest BCUT2D eigenvalue weighted by Gasteiger charge is 2.09. The Morgan fingerprint density at radius 1 is 1.00 bits per heavy atom. The van der Waals surface area contributed by atoms with Gasteiger partial charge in [0.05, 0.1) is 12.3 Å². The number of carbonyl (C=O) groups excluding carboxylic acids is 1. The van der Waals surface area contributed by atoms with Gasteiger partial charge in [0, 0.05) is 11.1 Å². The molecule has 0 bridgehead atoms. The smallest absolute Gasteiger partial charge is 0.151 e. The summed E-state index contributed by atoms with van der Waals surface area (Å²) in [6, 6.07) is 18.1. The van der Waals surface area contributed by atoms with Crippen LogP contribution >= 0.6 is 0 Å². The van der Waals surface area contributed by atoms with Crippen LogP contribution in [0.2, 0.25) is 0 Å². The summed E-state index contributed by atoms with van der Waals surface area (Å²) in [5.41, 5.74) is 4.16. The molecule has 96 valence electrons. The maximum atomic E-state index is 11.2. The van der Waals surface area contributed by atoms with Gasteiger partial charge in [-0.1, -0.05) is 54.6 Å². The van der Waals surface area contributed by atoms with E-state index in [1.165, 1.54) is 0 Å². The quantitative estimate of drug-likeness (QED) is 0.765. The van der Waals surface area contributed by atoms with E-state index in [0.29, 0.717) is 0 Å². The molecule has 2 rings (SSSR count). The van der Waals surface area contributed by atoms with Crippen LogP contribution < -0.4 is 0 Å². The number of ketones is 1. The lowest BCUT2D eigenvalue weighted by molar-refractivity contribution is -0.115. The van der Waals surface area contributed by atoms with E-state index in [1.54, 1.807) is 6.92 Å². The van der Waals surface area contributed by atoms with Crippen molar-refractivity contribution >= 4 is 11.5 Å². The molecule has 2 heteroatoms. The fourth-order valence-corrected chi connectivity index (χ4v) is 1.96. The SMILES string of the molecule is CC(=O)C/N=C(/c1ccccc1)c1ccccc1C. The van der Waals surface area contributed by atoms with Crippen molar-refractivity contribution in [1.29, 1.82) is 0 Å². The maximum Gasteiger partial charge on any atom is 0.151 e. The van der Waals surface area contributed by atoms with Crippen molar-refractivity contribution in [3.63, 3.8) is 0 Å². The van der Waals surface area contributed by atoms with E-state index in [-0.39, 0.29) is 12.3 Å². The molecular formula is C17H17NO. The molecule has 2 aromatic carbocycles. The third kappa shape index (κ3) is 3.38. The predicted octanol–water partition coefficient (Wildman–Crippen LogP) is 3.42. The molecule has 2 aromatic rings. The Balaban J connectivity index is 2.50. The zero-order valence-corrected chi connectivity index (χ0v) is 11.3. The number of hydrogen-bond donors (Lipinski definition) is 0. The lowest BCUT2D eigenvalue weighted by atomic mass is 9.98. The highest BCUT2D eigenvalue weighted by molar-refractivity contribution is 6.14. The van der Waals surface area contributed by atoms with Crippen molar-refractivity contribution in [2.75, 3.05) is 6.54 Å². The molecule has 19 heavy (non-hydrogen) atoms. The van der Waals surface area contributed by atoms with Crippen molar-refractivity contribution in [3.8, 4) is 0 Å². The molecule has 0 saturated heterocycles. The minimum atomic E-state index is 0.0713. The summed E-state index contributed by atoms with van der Waals surface area (Å²) >= 11 is 0. The molecule has 0 radical (unpaired) electrons. The fraction of sp³-hybridized carbons (Fsp3) is 0.176. The Hall–Kier alpha value is -2.22. The van der Waals surface area contributed by atoms with Crippen LogP contribution in [0, 0.1) is 6.92 Å². The summed E-state index contributed by atoms with van der Waals surface area (Å²) in [5.74, 6) is 0.0713. The summed E-state index contributed by atoms with van der Waals surface area (Å²) in [6.45, 7) is 3.84. The first-order valence-electron chi connectivity index (χ1n) is 6.34. The van der Waals surface area contributed by atoms with Crippen molar-refractivity contribution in [2.24, 2.45) is 4.99 Å². The first kappa shape index (κ1) is 13.2. The molecule has 0 aliphatic heterocycles. The van der Waals surface area contributed by atoms with Crippen LogP contribution in [0.3, 0.4) is 0 Å². The van der Waals surface area contributed by atoms with E-state index in [2.05, 4.69) is 18.0 Å². The lowest BCUT2D eigenvalue weighted by Gasteiger charge is -2.10. The minimum absolute atomic E-state index is 0.0713. The molecule has 0 amide bonds. The number of carbonyl (C=O) groups is 1. The standard InChI is InChI=1S/C17H17NO/c1-13-8-6-7-11-16(13)17(18-12-14(2)19)15-9-4-3-5-10-15/h3-11H,12H2,1-2H3/b18-17-. The maximum absolute atomic E-state index is 11.2.